The zero-order valence-corrected chi connectivity index (χ0v) is 11.5. The molecule has 0 saturated carbocycles. The third-order valence-electron chi connectivity index (χ3n) is 3.08. The zero-order valence-electron chi connectivity index (χ0n) is 11.5. The van der Waals surface area contributed by atoms with E-state index in [-0.39, 0.29) is 0 Å². The Morgan fingerprint density at radius 3 is 2.44 bits per heavy atom. The second kappa shape index (κ2) is 5.31. The molecule has 0 fully saturated rings. The first-order chi connectivity index (χ1) is 8.60. The van der Waals surface area contributed by atoms with Crippen LogP contribution >= 0.6 is 0 Å². The molecule has 0 aliphatic carbocycles. The van der Waals surface area contributed by atoms with Crippen LogP contribution in [-0.2, 0) is 13.1 Å². The lowest BCUT2D eigenvalue weighted by molar-refractivity contribution is 0.654. The normalized spacial score (nSPS) is 10.9. The molecule has 0 bridgehead atoms. The molecule has 0 spiro atoms. The van der Waals surface area contributed by atoms with Crippen LogP contribution in [0.1, 0.15) is 28.1 Å². The molecule has 0 unspecified atom stereocenters. The number of rotatable bonds is 4. The maximum atomic E-state index is 4.44. The van der Waals surface area contributed by atoms with Crippen LogP contribution in [0.25, 0.3) is 0 Å². The van der Waals surface area contributed by atoms with Crippen molar-refractivity contribution in [2.75, 3.05) is 7.05 Å². The van der Waals surface area contributed by atoms with Crippen LogP contribution in [0.15, 0.2) is 18.5 Å². The first-order valence-corrected chi connectivity index (χ1v) is 6.20. The van der Waals surface area contributed by atoms with E-state index in [4.69, 9.17) is 0 Å². The topological polar surface area (TPSA) is 42.7 Å². The molecule has 1 aromatic heterocycles. The maximum Gasteiger partial charge on any atom is 0.164 e. The van der Waals surface area contributed by atoms with Gasteiger partial charge in [0.2, 0.25) is 0 Å². The van der Waals surface area contributed by atoms with Gasteiger partial charge in [0, 0.05) is 0 Å². The lowest BCUT2D eigenvalue weighted by Crippen LogP contribution is -2.09. The molecule has 4 nitrogen and oxygen atoms in total. The molecular formula is C14H20N4. The Morgan fingerprint density at radius 2 is 1.83 bits per heavy atom. The number of aryl methyl sites for hydroxylation is 3. The van der Waals surface area contributed by atoms with E-state index < -0.39 is 0 Å². The molecule has 0 aliphatic heterocycles. The summed E-state index contributed by atoms with van der Waals surface area (Å²) in [4.78, 5) is 4.27. The van der Waals surface area contributed by atoms with Gasteiger partial charge in [-0.2, -0.15) is 5.10 Å². The molecule has 96 valence electrons. The van der Waals surface area contributed by atoms with Crippen LogP contribution in [0.2, 0.25) is 0 Å². The molecule has 18 heavy (non-hydrogen) atoms. The summed E-state index contributed by atoms with van der Waals surface area (Å²) in [5.41, 5.74) is 5.28. The van der Waals surface area contributed by atoms with E-state index in [2.05, 4.69) is 48.3 Å². The van der Waals surface area contributed by atoms with Crippen LogP contribution in [0, 0.1) is 20.8 Å². The van der Waals surface area contributed by atoms with Gasteiger partial charge >= 0.3 is 0 Å². The van der Waals surface area contributed by atoms with Gasteiger partial charge in [-0.25, -0.2) is 9.67 Å². The Hall–Kier alpha value is -1.68. The smallest absolute Gasteiger partial charge is 0.164 e. The van der Waals surface area contributed by atoms with Gasteiger partial charge in [-0.15, -0.1) is 0 Å². The fourth-order valence-electron chi connectivity index (χ4n) is 2.27. The molecular weight excluding hydrogens is 224 g/mol. The summed E-state index contributed by atoms with van der Waals surface area (Å²) in [6, 6.07) is 4.43. The van der Waals surface area contributed by atoms with E-state index in [1.54, 1.807) is 6.33 Å². The highest BCUT2D eigenvalue weighted by Crippen LogP contribution is 2.17. The predicted octanol–water partition coefficient (Wildman–Crippen LogP) is 1.97. The number of nitrogens with one attached hydrogen (secondary N) is 1. The number of benzene rings is 1. The van der Waals surface area contributed by atoms with Crippen molar-refractivity contribution in [3.8, 4) is 0 Å². The Balaban J connectivity index is 2.22. The fraction of sp³-hybridized carbons (Fsp3) is 0.429. The third kappa shape index (κ3) is 2.76. The van der Waals surface area contributed by atoms with Crippen molar-refractivity contribution in [3.05, 3.63) is 46.5 Å². The predicted molar refractivity (Wildman–Crippen MR) is 72.5 cm³/mol. The first kappa shape index (κ1) is 12.8. The molecule has 0 atom stereocenters. The third-order valence-corrected chi connectivity index (χ3v) is 3.08. The van der Waals surface area contributed by atoms with Crippen molar-refractivity contribution >= 4 is 0 Å². The van der Waals surface area contributed by atoms with Crippen LogP contribution in [0.3, 0.4) is 0 Å². The van der Waals surface area contributed by atoms with Crippen molar-refractivity contribution in [3.63, 3.8) is 0 Å². The molecule has 2 rings (SSSR count). The Bertz CT molecular complexity index is 519. The molecule has 0 radical (unpaired) electrons. The highest BCUT2D eigenvalue weighted by atomic mass is 15.3. The minimum Gasteiger partial charge on any atom is -0.313 e. The van der Waals surface area contributed by atoms with E-state index >= 15 is 0 Å². The quantitative estimate of drug-likeness (QED) is 0.894. The molecule has 0 amide bonds. The Kier molecular flexibility index (Phi) is 3.77. The molecule has 0 aliphatic rings. The second-order valence-electron chi connectivity index (χ2n) is 4.77. The summed E-state index contributed by atoms with van der Waals surface area (Å²) in [5, 5.41) is 7.50. The van der Waals surface area contributed by atoms with Gasteiger partial charge in [0.15, 0.2) is 5.82 Å². The summed E-state index contributed by atoms with van der Waals surface area (Å²) in [6.45, 7) is 7.93. The van der Waals surface area contributed by atoms with Crippen LogP contribution < -0.4 is 5.32 Å². The van der Waals surface area contributed by atoms with Gasteiger partial charge < -0.3 is 5.32 Å². The van der Waals surface area contributed by atoms with Crippen molar-refractivity contribution in [2.24, 2.45) is 0 Å². The van der Waals surface area contributed by atoms with E-state index in [9.17, 15) is 0 Å². The van der Waals surface area contributed by atoms with E-state index in [0.29, 0.717) is 6.54 Å². The van der Waals surface area contributed by atoms with Crippen LogP contribution in [-0.4, -0.2) is 21.8 Å². The number of aromatic nitrogens is 3. The van der Waals surface area contributed by atoms with Gasteiger partial charge in [0.1, 0.15) is 6.33 Å². The minimum atomic E-state index is 0.707. The van der Waals surface area contributed by atoms with Gasteiger partial charge in [-0.1, -0.05) is 17.7 Å². The van der Waals surface area contributed by atoms with E-state index in [0.717, 1.165) is 12.4 Å². The lowest BCUT2D eigenvalue weighted by atomic mass is 10.00. The van der Waals surface area contributed by atoms with Crippen LogP contribution in [0.4, 0.5) is 0 Å². The fourth-order valence-corrected chi connectivity index (χ4v) is 2.27. The Morgan fingerprint density at radius 1 is 1.17 bits per heavy atom. The van der Waals surface area contributed by atoms with Crippen molar-refractivity contribution in [1.82, 2.24) is 20.1 Å². The maximum absolute atomic E-state index is 4.44. The SMILES string of the molecule is CNCc1ncn(Cc2c(C)cc(C)cc2C)n1. The molecule has 1 heterocycles. The van der Waals surface area contributed by atoms with Crippen LogP contribution in [0.5, 0.6) is 0 Å². The van der Waals surface area contributed by atoms with Gasteiger partial charge in [0.25, 0.3) is 0 Å². The molecule has 1 N–H and O–H groups in total. The number of nitrogens with zero attached hydrogens (tertiary/aromatic N) is 3. The highest BCUT2D eigenvalue weighted by molar-refractivity contribution is 5.37. The van der Waals surface area contributed by atoms with Crippen molar-refractivity contribution in [2.45, 2.75) is 33.9 Å². The van der Waals surface area contributed by atoms with Gasteiger partial charge in [0.05, 0.1) is 13.1 Å². The number of hydrogen-bond acceptors (Lipinski definition) is 3. The monoisotopic (exact) mass is 244 g/mol. The molecule has 2 aromatic rings. The van der Waals surface area contributed by atoms with Crippen molar-refractivity contribution in [1.29, 1.82) is 0 Å². The summed E-state index contributed by atoms with van der Waals surface area (Å²) in [5.74, 6) is 0.833. The van der Waals surface area contributed by atoms with Gasteiger partial charge in [-0.3, -0.25) is 0 Å². The highest BCUT2D eigenvalue weighted by Gasteiger charge is 2.06. The van der Waals surface area contributed by atoms with E-state index in [1.807, 2.05) is 11.7 Å². The summed E-state index contributed by atoms with van der Waals surface area (Å²) < 4.78 is 1.90. The standard InChI is InChI=1S/C14H20N4/c1-10-5-11(2)13(12(3)6-10)8-18-9-16-14(17-18)7-15-4/h5-6,9,15H,7-8H2,1-4H3. The zero-order chi connectivity index (χ0) is 13.1. The average Bonchev–Trinajstić information content (AvgIpc) is 2.72. The summed E-state index contributed by atoms with van der Waals surface area (Å²) in [7, 11) is 1.90. The second-order valence-corrected chi connectivity index (χ2v) is 4.77. The minimum absolute atomic E-state index is 0.707. The number of hydrogen-bond donors (Lipinski definition) is 1. The summed E-state index contributed by atoms with van der Waals surface area (Å²) >= 11 is 0. The largest absolute Gasteiger partial charge is 0.313 e. The van der Waals surface area contributed by atoms with E-state index in [1.165, 1.54) is 22.3 Å². The van der Waals surface area contributed by atoms with Crippen molar-refractivity contribution < 1.29 is 0 Å². The lowest BCUT2D eigenvalue weighted by Gasteiger charge is -2.11. The molecule has 0 saturated heterocycles. The first-order valence-electron chi connectivity index (χ1n) is 6.20. The summed E-state index contributed by atoms with van der Waals surface area (Å²) in [6.07, 6.45) is 1.80. The average molecular weight is 244 g/mol. The van der Waals surface area contributed by atoms with Gasteiger partial charge in [-0.05, 0) is 44.5 Å². The Labute approximate surface area is 108 Å². The molecule has 4 heteroatoms. The molecule has 1 aromatic carbocycles.